The summed E-state index contributed by atoms with van der Waals surface area (Å²) in [5, 5.41) is 0. The Labute approximate surface area is 180 Å². The fraction of sp³-hybridized carbons (Fsp3) is 0.522. The van der Waals surface area contributed by atoms with Crippen LogP contribution in [0.1, 0.15) is 58.8 Å². The van der Waals surface area contributed by atoms with Crippen molar-refractivity contribution in [2.75, 3.05) is 5.75 Å². The molecule has 0 aliphatic carbocycles. The summed E-state index contributed by atoms with van der Waals surface area (Å²) in [5.41, 5.74) is 1.06. The minimum absolute atomic E-state index is 0.0667. The van der Waals surface area contributed by atoms with Crippen LogP contribution in [0.25, 0.3) is 0 Å². The first-order valence-electron chi connectivity index (χ1n) is 10.3. The third-order valence-electron chi connectivity index (χ3n) is 4.64. The monoisotopic (exact) mass is 435 g/mol. The Bertz CT molecular complexity index is 896. The van der Waals surface area contributed by atoms with Gasteiger partial charge >= 0.3 is 10.1 Å². The van der Waals surface area contributed by atoms with Gasteiger partial charge in [0.2, 0.25) is 5.91 Å². The molecule has 30 heavy (non-hydrogen) atoms. The van der Waals surface area contributed by atoms with E-state index in [2.05, 4.69) is 27.7 Å². The van der Waals surface area contributed by atoms with Crippen LogP contribution >= 0.6 is 0 Å². The minimum Gasteiger partial charge on any atom is -0.467 e. The van der Waals surface area contributed by atoms with Gasteiger partial charge in [0, 0.05) is 13.0 Å². The summed E-state index contributed by atoms with van der Waals surface area (Å²) in [5.74, 6) is 1.24. The Morgan fingerprint density at radius 2 is 1.80 bits per heavy atom. The molecular weight excluding hydrogens is 402 g/mol. The van der Waals surface area contributed by atoms with E-state index in [0.717, 1.165) is 17.7 Å². The molecule has 0 bridgehead atoms. The van der Waals surface area contributed by atoms with Crippen molar-refractivity contribution in [1.82, 2.24) is 4.90 Å². The summed E-state index contributed by atoms with van der Waals surface area (Å²) in [6.45, 7) is 11.0. The molecule has 6 nitrogen and oxygen atoms in total. The number of carbonyl (C=O) groups is 1. The second-order valence-electron chi connectivity index (χ2n) is 8.98. The number of nitrogens with zero attached hydrogens (tertiary/aromatic N) is 1. The largest absolute Gasteiger partial charge is 0.467 e. The Morgan fingerprint density at radius 3 is 2.33 bits per heavy atom. The van der Waals surface area contributed by atoms with E-state index in [9.17, 15) is 13.2 Å². The molecule has 1 atom stereocenters. The SMILES string of the molecule is CCS(=O)(=O)Oc1ccc(CN(Cc2ccco2)C(=O)C[C@@H](C)CC(C)(C)C)cc1. The van der Waals surface area contributed by atoms with Crippen molar-refractivity contribution in [3.63, 3.8) is 0 Å². The lowest BCUT2D eigenvalue weighted by Crippen LogP contribution is -2.31. The van der Waals surface area contributed by atoms with E-state index >= 15 is 0 Å². The molecule has 1 aromatic heterocycles. The highest BCUT2D eigenvalue weighted by atomic mass is 32.2. The highest BCUT2D eigenvalue weighted by Gasteiger charge is 2.22. The van der Waals surface area contributed by atoms with E-state index in [4.69, 9.17) is 8.60 Å². The van der Waals surface area contributed by atoms with E-state index in [1.165, 1.54) is 6.92 Å². The van der Waals surface area contributed by atoms with Crippen LogP contribution < -0.4 is 4.18 Å². The fourth-order valence-electron chi connectivity index (χ4n) is 3.44. The Morgan fingerprint density at radius 1 is 1.13 bits per heavy atom. The van der Waals surface area contributed by atoms with E-state index in [0.29, 0.717) is 19.5 Å². The molecule has 0 aliphatic rings. The minimum atomic E-state index is -3.56. The molecule has 7 heteroatoms. The number of rotatable bonds is 10. The van der Waals surface area contributed by atoms with Gasteiger partial charge in [0.05, 0.1) is 18.6 Å². The van der Waals surface area contributed by atoms with Crippen molar-refractivity contribution >= 4 is 16.0 Å². The molecule has 0 unspecified atom stereocenters. The van der Waals surface area contributed by atoms with Crippen LogP contribution in [-0.4, -0.2) is 25.0 Å². The summed E-state index contributed by atoms with van der Waals surface area (Å²) >= 11 is 0. The molecule has 0 radical (unpaired) electrons. The van der Waals surface area contributed by atoms with Crippen LogP contribution in [0.2, 0.25) is 0 Å². The number of amides is 1. The van der Waals surface area contributed by atoms with E-state index in [1.54, 1.807) is 41.5 Å². The molecule has 166 valence electrons. The van der Waals surface area contributed by atoms with Crippen molar-refractivity contribution in [1.29, 1.82) is 0 Å². The molecule has 0 saturated carbocycles. The maximum absolute atomic E-state index is 13.0. The summed E-state index contributed by atoms with van der Waals surface area (Å²) in [7, 11) is -3.56. The maximum Gasteiger partial charge on any atom is 0.308 e. The third-order valence-corrected chi connectivity index (χ3v) is 5.79. The lowest BCUT2D eigenvalue weighted by atomic mass is 9.84. The summed E-state index contributed by atoms with van der Waals surface area (Å²) in [6, 6.07) is 10.4. The summed E-state index contributed by atoms with van der Waals surface area (Å²) in [6.07, 6.45) is 3.03. The van der Waals surface area contributed by atoms with Crippen molar-refractivity contribution in [2.45, 2.75) is 60.5 Å². The van der Waals surface area contributed by atoms with Crippen molar-refractivity contribution in [3.05, 3.63) is 54.0 Å². The van der Waals surface area contributed by atoms with Crippen LogP contribution in [0.15, 0.2) is 47.1 Å². The molecule has 0 aliphatic heterocycles. The Balaban J connectivity index is 2.10. The quantitative estimate of drug-likeness (QED) is 0.491. The van der Waals surface area contributed by atoms with Gasteiger partial charge < -0.3 is 13.5 Å². The van der Waals surface area contributed by atoms with Gasteiger partial charge in [-0.3, -0.25) is 4.79 Å². The van der Waals surface area contributed by atoms with Gasteiger partial charge in [-0.2, -0.15) is 8.42 Å². The highest BCUT2D eigenvalue weighted by Crippen LogP contribution is 2.27. The van der Waals surface area contributed by atoms with Crippen LogP contribution in [-0.2, 0) is 28.0 Å². The Hall–Kier alpha value is -2.28. The van der Waals surface area contributed by atoms with Gasteiger partial charge in [-0.25, -0.2) is 0 Å². The van der Waals surface area contributed by atoms with Gasteiger partial charge in [0.25, 0.3) is 0 Å². The predicted molar refractivity (Wildman–Crippen MR) is 117 cm³/mol. The first-order valence-corrected chi connectivity index (χ1v) is 11.9. The molecule has 2 rings (SSSR count). The fourth-order valence-corrected chi connectivity index (χ4v) is 3.97. The number of carbonyl (C=O) groups excluding carboxylic acids is 1. The highest BCUT2D eigenvalue weighted by molar-refractivity contribution is 7.87. The number of furan rings is 1. The summed E-state index contributed by atoms with van der Waals surface area (Å²) < 4.78 is 33.7. The lowest BCUT2D eigenvalue weighted by molar-refractivity contribution is -0.133. The van der Waals surface area contributed by atoms with E-state index in [-0.39, 0.29) is 28.7 Å². The molecule has 0 N–H and O–H groups in total. The van der Waals surface area contributed by atoms with Crippen LogP contribution in [0, 0.1) is 11.3 Å². The topological polar surface area (TPSA) is 76.8 Å². The molecule has 2 aromatic rings. The van der Waals surface area contributed by atoms with Gasteiger partial charge in [0.15, 0.2) is 0 Å². The first kappa shape index (κ1) is 24.0. The molecule has 0 saturated heterocycles. The second-order valence-corrected chi connectivity index (χ2v) is 10.8. The van der Waals surface area contributed by atoms with Crippen molar-refractivity contribution < 1.29 is 21.8 Å². The predicted octanol–water partition coefficient (Wildman–Crippen LogP) is 5.00. The normalized spacial score (nSPS) is 13.1. The number of hydrogen-bond acceptors (Lipinski definition) is 5. The van der Waals surface area contributed by atoms with Gasteiger partial charge in [0.1, 0.15) is 11.5 Å². The molecule has 0 spiro atoms. The number of hydrogen-bond donors (Lipinski definition) is 0. The Kier molecular flexibility index (Phi) is 8.12. The van der Waals surface area contributed by atoms with Gasteiger partial charge in [-0.15, -0.1) is 0 Å². The average Bonchev–Trinajstić information content (AvgIpc) is 3.14. The molecule has 1 aromatic carbocycles. The third kappa shape index (κ3) is 8.22. The second kappa shape index (κ2) is 10.2. The van der Waals surface area contributed by atoms with Crippen molar-refractivity contribution in [2.24, 2.45) is 11.3 Å². The van der Waals surface area contributed by atoms with Crippen LogP contribution in [0.3, 0.4) is 0 Å². The zero-order chi connectivity index (χ0) is 22.4. The lowest BCUT2D eigenvalue weighted by Gasteiger charge is -2.27. The first-order chi connectivity index (χ1) is 14.0. The standard InChI is InChI=1S/C23H33NO5S/c1-6-30(26,27)29-20-11-9-19(10-12-20)16-24(17-21-8-7-13-28-21)22(25)14-18(2)15-23(3,4)5/h7-13,18H,6,14-17H2,1-5H3/t18-/m1/s1. The molecule has 1 amide bonds. The van der Waals surface area contributed by atoms with Crippen molar-refractivity contribution in [3.8, 4) is 5.75 Å². The zero-order valence-electron chi connectivity index (χ0n) is 18.6. The van der Waals surface area contributed by atoms with Gasteiger partial charge in [-0.1, -0.05) is 39.8 Å². The van der Waals surface area contributed by atoms with E-state index < -0.39 is 10.1 Å². The van der Waals surface area contributed by atoms with Crippen LogP contribution in [0.4, 0.5) is 0 Å². The molecule has 0 fully saturated rings. The smallest absolute Gasteiger partial charge is 0.308 e. The summed E-state index contributed by atoms with van der Waals surface area (Å²) in [4.78, 5) is 14.8. The zero-order valence-corrected chi connectivity index (χ0v) is 19.4. The van der Waals surface area contributed by atoms with E-state index in [1.807, 2.05) is 6.07 Å². The number of benzene rings is 1. The van der Waals surface area contributed by atoms with Gasteiger partial charge in [-0.05, 0) is 54.5 Å². The average molecular weight is 436 g/mol. The molecular formula is C23H33NO5S. The maximum atomic E-state index is 13.0. The molecule has 1 heterocycles. The van der Waals surface area contributed by atoms with Crippen LogP contribution in [0.5, 0.6) is 5.75 Å².